The van der Waals surface area contributed by atoms with Crippen molar-refractivity contribution in [1.29, 1.82) is 0 Å². The summed E-state index contributed by atoms with van der Waals surface area (Å²) in [4.78, 5) is 28.0. The molecule has 7 nitrogen and oxygen atoms in total. The first-order valence-electron chi connectivity index (χ1n) is 8.47. The molecule has 26 heavy (non-hydrogen) atoms. The topological polar surface area (TPSA) is 101 Å². The van der Waals surface area contributed by atoms with Crippen molar-refractivity contribution in [2.24, 2.45) is 5.92 Å². The molecule has 3 atom stereocenters. The number of rotatable bonds is 6. The number of carbonyl (C=O) groups excluding carboxylic acids is 2. The number of aliphatic hydroxyl groups excluding tert-OH is 1. The van der Waals surface area contributed by atoms with Gasteiger partial charge in [-0.05, 0) is 24.3 Å². The first-order valence-corrected chi connectivity index (χ1v) is 8.47. The lowest BCUT2D eigenvalue weighted by Crippen LogP contribution is -2.41. The van der Waals surface area contributed by atoms with Gasteiger partial charge in [0.2, 0.25) is 0 Å². The standard InChI is InChI=1S/C19H21N3O4/c23-17-14(10-21-18(24)13-6-2-1-3-7-13)12-26-16(17)11-22-19(25)15-8-4-5-9-20-15/h1-9,14,16-17,23H,10-12H2,(H,21,24)(H,22,25)/t14-,16-,17+/m1/s1. The van der Waals surface area contributed by atoms with Crippen LogP contribution >= 0.6 is 0 Å². The molecule has 136 valence electrons. The van der Waals surface area contributed by atoms with Crippen LogP contribution < -0.4 is 10.6 Å². The molecule has 1 saturated heterocycles. The zero-order valence-electron chi connectivity index (χ0n) is 14.2. The molecule has 0 bridgehead atoms. The second-order valence-corrected chi connectivity index (χ2v) is 6.12. The molecule has 3 N–H and O–H groups in total. The molecule has 0 spiro atoms. The SMILES string of the molecule is O=C(NC[C@@H]1CO[C@H](CNC(=O)c2ccccn2)[C@H]1O)c1ccccc1. The molecule has 1 aliphatic heterocycles. The van der Waals surface area contributed by atoms with Crippen molar-refractivity contribution in [3.63, 3.8) is 0 Å². The molecule has 7 heteroatoms. The van der Waals surface area contributed by atoms with E-state index >= 15 is 0 Å². The number of nitrogens with one attached hydrogen (secondary N) is 2. The first-order chi connectivity index (χ1) is 12.6. The number of hydrogen-bond donors (Lipinski definition) is 3. The fourth-order valence-corrected chi connectivity index (χ4v) is 2.80. The average Bonchev–Trinajstić information content (AvgIpc) is 3.05. The highest BCUT2D eigenvalue weighted by Crippen LogP contribution is 2.19. The number of benzene rings is 1. The van der Waals surface area contributed by atoms with Crippen LogP contribution in [0.1, 0.15) is 20.8 Å². The first kappa shape index (κ1) is 18.0. The molecule has 2 amide bonds. The summed E-state index contributed by atoms with van der Waals surface area (Å²) in [5.74, 6) is -0.730. The smallest absolute Gasteiger partial charge is 0.269 e. The van der Waals surface area contributed by atoms with Gasteiger partial charge in [0.15, 0.2) is 0 Å². The fraction of sp³-hybridized carbons (Fsp3) is 0.316. The van der Waals surface area contributed by atoms with Crippen molar-refractivity contribution in [1.82, 2.24) is 15.6 Å². The van der Waals surface area contributed by atoms with Gasteiger partial charge in [-0.25, -0.2) is 0 Å². The number of nitrogens with zero attached hydrogens (tertiary/aromatic N) is 1. The van der Waals surface area contributed by atoms with Gasteiger partial charge in [-0.1, -0.05) is 24.3 Å². The molecule has 2 heterocycles. The van der Waals surface area contributed by atoms with E-state index in [4.69, 9.17) is 4.74 Å². The predicted octanol–water partition coefficient (Wildman–Crippen LogP) is 0.617. The molecule has 2 aromatic rings. The summed E-state index contributed by atoms with van der Waals surface area (Å²) < 4.78 is 5.57. The number of pyridine rings is 1. The summed E-state index contributed by atoms with van der Waals surface area (Å²) in [6.45, 7) is 0.805. The number of hydrogen-bond acceptors (Lipinski definition) is 5. The van der Waals surface area contributed by atoms with Crippen molar-refractivity contribution >= 4 is 11.8 Å². The van der Waals surface area contributed by atoms with E-state index in [2.05, 4.69) is 15.6 Å². The highest BCUT2D eigenvalue weighted by molar-refractivity contribution is 5.94. The molecule has 0 unspecified atom stereocenters. The summed E-state index contributed by atoms with van der Waals surface area (Å²) in [7, 11) is 0. The predicted molar refractivity (Wildman–Crippen MR) is 94.6 cm³/mol. The third-order valence-electron chi connectivity index (χ3n) is 4.31. The van der Waals surface area contributed by atoms with Crippen LogP contribution in [0, 0.1) is 5.92 Å². The van der Waals surface area contributed by atoms with E-state index in [-0.39, 0.29) is 24.3 Å². The minimum atomic E-state index is -0.768. The van der Waals surface area contributed by atoms with Gasteiger partial charge < -0.3 is 20.5 Å². The number of carbonyl (C=O) groups is 2. The van der Waals surface area contributed by atoms with E-state index in [1.54, 1.807) is 48.7 Å². The lowest BCUT2D eigenvalue weighted by atomic mass is 10.0. The lowest BCUT2D eigenvalue weighted by Gasteiger charge is -2.18. The Bertz CT molecular complexity index is 675. The van der Waals surface area contributed by atoms with Crippen molar-refractivity contribution in [3.8, 4) is 0 Å². The van der Waals surface area contributed by atoms with Crippen molar-refractivity contribution in [2.45, 2.75) is 12.2 Å². The van der Waals surface area contributed by atoms with Crippen LogP contribution in [-0.2, 0) is 4.74 Å². The molecule has 1 fully saturated rings. The van der Waals surface area contributed by atoms with Gasteiger partial charge in [-0.2, -0.15) is 0 Å². The summed E-state index contributed by atoms with van der Waals surface area (Å²) in [6.07, 6.45) is 0.262. The summed E-state index contributed by atoms with van der Waals surface area (Å²) in [5.41, 5.74) is 0.881. The van der Waals surface area contributed by atoms with E-state index in [9.17, 15) is 14.7 Å². The maximum Gasteiger partial charge on any atom is 0.269 e. The highest BCUT2D eigenvalue weighted by atomic mass is 16.5. The highest BCUT2D eigenvalue weighted by Gasteiger charge is 2.36. The molecule has 1 aromatic heterocycles. The minimum absolute atomic E-state index is 0.180. The van der Waals surface area contributed by atoms with Crippen molar-refractivity contribution in [2.75, 3.05) is 19.7 Å². The Kier molecular flexibility index (Phi) is 5.93. The van der Waals surface area contributed by atoms with E-state index < -0.39 is 12.2 Å². The van der Waals surface area contributed by atoms with Gasteiger partial charge in [0.25, 0.3) is 11.8 Å². The lowest BCUT2D eigenvalue weighted by molar-refractivity contribution is 0.0383. The third kappa shape index (κ3) is 4.44. The molecular weight excluding hydrogens is 334 g/mol. The van der Waals surface area contributed by atoms with Gasteiger partial charge in [0.05, 0.1) is 12.7 Å². The zero-order valence-corrected chi connectivity index (χ0v) is 14.2. The Morgan fingerprint density at radius 3 is 2.50 bits per heavy atom. The monoisotopic (exact) mass is 355 g/mol. The van der Waals surface area contributed by atoms with E-state index in [1.165, 1.54) is 0 Å². The Morgan fingerprint density at radius 2 is 1.77 bits per heavy atom. The molecule has 0 aliphatic carbocycles. The second-order valence-electron chi connectivity index (χ2n) is 6.12. The van der Waals surface area contributed by atoms with Crippen molar-refractivity contribution in [3.05, 3.63) is 66.0 Å². The van der Waals surface area contributed by atoms with Gasteiger partial charge in [0.1, 0.15) is 11.8 Å². The third-order valence-corrected chi connectivity index (χ3v) is 4.31. The molecule has 1 aliphatic rings. The zero-order chi connectivity index (χ0) is 18.4. The molecular formula is C19H21N3O4. The number of ether oxygens (including phenoxy) is 1. The molecule has 0 radical (unpaired) electrons. The summed E-state index contributed by atoms with van der Waals surface area (Å²) >= 11 is 0. The Balaban J connectivity index is 1.45. The van der Waals surface area contributed by atoms with Crippen molar-refractivity contribution < 1.29 is 19.4 Å². The summed E-state index contributed by atoms with van der Waals surface area (Å²) in [6, 6.07) is 14.0. The van der Waals surface area contributed by atoms with Crippen LogP contribution in [0.25, 0.3) is 0 Å². The van der Waals surface area contributed by atoms with Crippen LogP contribution in [0.5, 0.6) is 0 Å². The maximum absolute atomic E-state index is 12.1. The Labute approximate surface area is 151 Å². The number of aliphatic hydroxyl groups is 1. The Hall–Kier alpha value is -2.77. The number of amides is 2. The summed E-state index contributed by atoms with van der Waals surface area (Å²) in [5, 5.41) is 15.9. The van der Waals surface area contributed by atoms with E-state index in [0.29, 0.717) is 24.4 Å². The van der Waals surface area contributed by atoms with E-state index in [1.807, 2.05) is 6.07 Å². The van der Waals surface area contributed by atoms with E-state index in [0.717, 1.165) is 0 Å². The quantitative estimate of drug-likeness (QED) is 0.705. The largest absolute Gasteiger partial charge is 0.390 e. The second kappa shape index (κ2) is 8.55. The van der Waals surface area contributed by atoms with Gasteiger partial charge in [-0.3, -0.25) is 14.6 Å². The normalized spacial score (nSPS) is 22.0. The van der Waals surface area contributed by atoms with Crippen LogP contribution in [0.4, 0.5) is 0 Å². The fourth-order valence-electron chi connectivity index (χ4n) is 2.80. The molecule has 1 aromatic carbocycles. The number of aromatic nitrogens is 1. The van der Waals surface area contributed by atoms with Crippen LogP contribution in [0.2, 0.25) is 0 Å². The van der Waals surface area contributed by atoms with Crippen LogP contribution in [0.3, 0.4) is 0 Å². The van der Waals surface area contributed by atoms with Gasteiger partial charge >= 0.3 is 0 Å². The minimum Gasteiger partial charge on any atom is -0.390 e. The van der Waals surface area contributed by atoms with Crippen LogP contribution in [-0.4, -0.2) is 53.8 Å². The average molecular weight is 355 g/mol. The maximum atomic E-state index is 12.1. The van der Waals surface area contributed by atoms with Gasteiger partial charge in [-0.15, -0.1) is 0 Å². The van der Waals surface area contributed by atoms with Gasteiger partial charge in [0, 0.05) is 30.8 Å². The Morgan fingerprint density at radius 1 is 1.04 bits per heavy atom. The molecule has 3 rings (SSSR count). The molecule has 0 saturated carbocycles. The van der Waals surface area contributed by atoms with Crippen LogP contribution in [0.15, 0.2) is 54.7 Å².